The van der Waals surface area contributed by atoms with E-state index in [2.05, 4.69) is 18.0 Å². The van der Waals surface area contributed by atoms with Crippen molar-refractivity contribution in [3.8, 4) is 39.9 Å². The molecule has 0 spiro atoms. The van der Waals surface area contributed by atoms with E-state index in [0.29, 0.717) is 23.0 Å². The number of methoxy groups -OCH3 is 4. The smallest absolute Gasteiger partial charge is 0.204 e. The Morgan fingerprint density at radius 1 is 0.926 bits per heavy atom. The van der Waals surface area contributed by atoms with Gasteiger partial charge in [-0.25, -0.2) is 0 Å². The molecule has 6 nitrogen and oxygen atoms in total. The molecule has 6 heteroatoms. The normalized spacial score (nSPS) is 17.7. The van der Waals surface area contributed by atoms with Crippen LogP contribution in [0.4, 0.5) is 0 Å². The van der Waals surface area contributed by atoms with Gasteiger partial charge in [-0.05, 0) is 37.1 Å². The van der Waals surface area contributed by atoms with Crippen molar-refractivity contribution in [2.45, 2.75) is 18.9 Å². The number of aromatic hydroxyl groups is 1. The summed E-state index contributed by atoms with van der Waals surface area (Å²) in [5.41, 5.74) is 4.94. The van der Waals surface area contributed by atoms with Crippen LogP contribution in [0, 0.1) is 0 Å². The molecule has 0 fully saturated rings. The molecular formula is C21H25NO5. The van der Waals surface area contributed by atoms with E-state index in [-0.39, 0.29) is 11.8 Å². The van der Waals surface area contributed by atoms with E-state index in [9.17, 15) is 5.11 Å². The van der Waals surface area contributed by atoms with Crippen molar-refractivity contribution in [3.05, 3.63) is 28.8 Å². The third-order valence-corrected chi connectivity index (χ3v) is 5.81. The van der Waals surface area contributed by atoms with Crippen LogP contribution in [0.25, 0.3) is 11.1 Å². The summed E-state index contributed by atoms with van der Waals surface area (Å²) in [6.07, 6.45) is 1.66. The Balaban J connectivity index is 2.14. The highest BCUT2D eigenvalue weighted by Crippen LogP contribution is 2.59. The second-order valence-electron chi connectivity index (χ2n) is 6.97. The fraction of sp³-hybridized carbons (Fsp3) is 0.429. The Morgan fingerprint density at radius 3 is 2.26 bits per heavy atom. The fourth-order valence-corrected chi connectivity index (χ4v) is 4.58. The number of hydrogen-bond donors (Lipinski definition) is 1. The van der Waals surface area contributed by atoms with E-state index >= 15 is 0 Å². The van der Waals surface area contributed by atoms with Gasteiger partial charge >= 0.3 is 0 Å². The van der Waals surface area contributed by atoms with E-state index in [4.69, 9.17) is 18.9 Å². The van der Waals surface area contributed by atoms with Gasteiger partial charge in [0, 0.05) is 29.3 Å². The van der Waals surface area contributed by atoms with Gasteiger partial charge in [0.15, 0.2) is 23.0 Å². The fourth-order valence-electron chi connectivity index (χ4n) is 4.58. The molecule has 4 rings (SSSR count). The molecule has 1 N–H and O–H groups in total. The summed E-state index contributed by atoms with van der Waals surface area (Å²) in [6, 6.07) is 4.14. The zero-order valence-corrected chi connectivity index (χ0v) is 16.4. The summed E-state index contributed by atoms with van der Waals surface area (Å²) >= 11 is 0. The molecule has 0 amide bonds. The first-order valence-electron chi connectivity index (χ1n) is 9.01. The molecule has 2 aromatic carbocycles. The van der Waals surface area contributed by atoms with Crippen molar-refractivity contribution in [2.75, 3.05) is 42.0 Å². The summed E-state index contributed by atoms with van der Waals surface area (Å²) in [6.45, 7) is 0.921. The number of likely N-dealkylation sites (N-methyl/N-ethyl adjacent to an activating group) is 1. The Hall–Kier alpha value is -2.60. The second kappa shape index (κ2) is 6.53. The first-order valence-corrected chi connectivity index (χ1v) is 9.01. The topological polar surface area (TPSA) is 60.4 Å². The van der Waals surface area contributed by atoms with Crippen molar-refractivity contribution in [3.63, 3.8) is 0 Å². The highest BCUT2D eigenvalue weighted by atomic mass is 16.5. The molecule has 1 aliphatic carbocycles. The first-order chi connectivity index (χ1) is 13.1. The monoisotopic (exact) mass is 371 g/mol. The Morgan fingerprint density at radius 2 is 1.63 bits per heavy atom. The Kier molecular flexibility index (Phi) is 4.30. The summed E-state index contributed by atoms with van der Waals surface area (Å²) in [5.74, 6) is 2.35. The highest BCUT2D eigenvalue weighted by Gasteiger charge is 2.40. The van der Waals surface area contributed by atoms with Crippen LogP contribution in [-0.4, -0.2) is 52.0 Å². The van der Waals surface area contributed by atoms with Crippen LogP contribution in [0.3, 0.4) is 0 Å². The highest BCUT2D eigenvalue weighted by molar-refractivity contribution is 5.90. The lowest BCUT2D eigenvalue weighted by atomic mass is 9.75. The van der Waals surface area contributed by atoms with Crippen LogP contribution in [0.2, 0.25) is 0 Å². The summed E-state index contributed by atoms with van der Waals surface area (Å²) in [4.78, 5) is 2.33. The van der Waals surface area contributed by atoms with E-state index < -0.39 is 0 Å². The predicted octanol–water partition coefficient (Wildman–Crippen LogP) is 3.18. The third kappa shape index (κ3) is 2.36. The first kappa shape index (κ1) is 17.8. The van der Waals surface area contributed by atoms with Gasteiger partial charge in [-0.15, -0.1) is 0 Å². The van der Waals surface area contributed by atoms with Gasteiger partial charge in [0.05, 0.1) is 28.4 Å². The van der Waals surface area contributed by atoms with Gasteiger partial charge in [-0.1, -0.05) is 6.07 Å². The third-order valence-electron chi connectivity index (χ3n) is 5.81. The maximum Gasteiger partial charge on any atom is 0.204 e. The standard InChI is InChI=1S/C21H25NO5/c1-22-9-8-12-16-13(22)10-11-6-7-14(24-2)20(26-4)15(11)17(16)18(23)21(27-5)19(12)25-3/h6-7,13,23H,8-10H2,1-5H3/t13-/m0/s1. The lowest BCUT2D eigenvalue weighted by Crippen LogP contribution is -2.36. The summed E-state index contributed by atoms with van der Waals surface area (Å²) in [5, 5.41) is 11.2. The molecule has 1 atom stereocenters. The molecule has 0 radical (unpaired) electrons. The Labute approximate surface area is 159 Å². The molecule has 0 bridgehead atoms. The number of fused-ring (bicyclic) bond motifs is 2. The summed E-state index contributed by atoms with van der Waals surface area (Å²) in [7, 11) is 8.54. The average Bonchev–Trinajstić information content (AvgIpc) is 2.69. The molecule has 0 aromatic heterocycles. The summed E-state index contributed by atoms with van der Waals surface area (Å²) < 4.78 is 22.4. The zero-order chi connectivity index (χ0) is 19.3. The van der Waals surface area contributed by atoms with Crippen LogP contribution in [0.5, 0.6) is 28.7 Å². The molecule has 0 saturated heterocycles. The van der Waals surface area contributed by atoms with E-state index in [1.165, 1.54) is 0 Å². The zero-order valence-electron chi connectivity index (χ0n) is 16.4. The molecule has 1 heterocycles. The maximum absolute atomic E-state index is 11.2. The number of hydrogen-bond acceptors (Lipinski definition) is 6. The minimum Gasteiger partial charge on any atom is -0.504 e. The van der Waals surface area contributed by atoms with Crippen LogP contribution in [0.1, 0.15) is 22.7 Å². The lowest BCUT2D eigenvalue weighted by Gasteiger charge is -2.41. The molecule has 27 heavy (non-hydrogen) atoms. The van der Waals surface area contributed by atoms with E-state index in [0.717, 1.165) is 47.2 Å². The number of benzene rings is 2. The number of phenolic OH excluding ortho intramolecular Hbond substituents is 1. The molecule has 1 aliphatic heterocycles. The molecular weight excluding hydrogens is 346 g/mol. The van der Waals surface area contributed by atoms with Crippen LogP contribution >= 0.6 is 0 Å². The van der Waals surface area contributed by atoms with Crippen LogP contribution < -0.4 is 18.9 Å². The molecule has 0 saturated carbocycles. The van der Waals surface area contributed by atoms with E-state index in [1.807, 2.05) is 6.07 Å². The molecule has 2 aliphatic rings. The van der Waals surface area contributed by atoms with Gasteiger partial charge in [0.2, 0.25) is 5.75 Å². The second-order valence-corrected chi connectivity index (χ2v) is 6.97. The molecule has 144 valence electrons. The minimum absolute atomic E-state index is 0.0842. The molecule has 0 unspecified atom stereocenters. The number of nitrogens with zero attached hydrogens (tertiary/aromatic N) is 1. The van der Waals surface area contributed by atoms with Gasteiger partial charge in [0.1, 0.15) is 0 Å². The minimum atomic E-state index is 0.0842. The SMILES string of the molecule is COc1ccc2c(c1OC)-c1c(O)c(OC)c(OC)c3c1[C@H](C2)N(C)CC3. The van der Waals surface area contributed by atoms with Crippen LogP contribution in [0.15, 0.2) is 12.1 Å². The largest absolute Gasteiger partial charge is 0.504 e. The van der Waals surface area contributed by atoms with Crippen molar-refractivity contribution < 1.29 is 24.1 Å². The quantitative estimate of drug-likeness (QED) is 0.891. The van der Waals surface area contributed by atoms with Crippen molar-refractivity contribution in [1.29, 1.82) is 0 Å². The van der Waals surface area contributed by atoms with Crippen molar-refractivity contribution in [1.82, 2.24) is 4.90 Å². The molecule has 2 aromatic rings. The van der Waals surface area contributed by atoms with Gasteiger partial charge in [0.25, 0.3) is 0 Å². The van der Waals surface area contributed by atoms with Crippen molar-refractivity contribution >= 4 is 0 Å². The number of rotatable bonds is 4. The van der Waals surface area contributed by atoms with Gasteiger partial charge in [-0.3, -0.25) is 4.90 Å². The Bertz CT molecular complexity index is 908. The average molecular weight is 371 g/mol. The predicted molar refractivity (Wildman–Crippen MR) is 103 cm³/mol. The van der Waals surface area contributed by atoms with Crippen molar-refractivity contribution in [2.24, 2.45) is 0 Å². The van der Waals surface area contributed by atoms with Gasteiger partial charge in [-0.2, -0.15) is 0 Å². The van der Waals surface area contributed by atoms with E-state index in [1.54, 1.807) is 28.4 Å². The van der Waals surface area contributed by atoms with Crippen LogP contribution in [-0.2, 0) is 12.8 Å². The maximum atomic E-state index is 11.2. The lowest BCUT2D eigenvalue weighted by molar-refractivity contribution is 0.222. The number of ether oxygens (including phenoxy) is 4. The number of phenols is 1. The van der Waals surface area contributed by atoms with Gasteiger partial charge < -0.3 is 24.1 Å².